The van der Waals surface area contributed by atoms with Crippen LogP contribution in [0, 0.1) is 5.41 Å². The van der Waals surface area contributed by atoms with Crippen molar-refractivity contribution in [2.45, 2.75) is 83.7 Å². The molecule has 3 nitrogen and oxygen atoms in total. The molecule has 124 valence electrons. The summed E-state index contributed by atoms with van der Waals surface area (Å²) < 4.78 is 0. The summed E-state index contributed by atoms with van der Waals surface area (Å²) in [6.45, 7) is 8.35. The van der Waals surface area contributed by atoms with Gasteiger partial charge in [0.25, 0.3) is 0 Å². The second kappa shape index (κ2) is 8.50. The van der Waals surface area contributed by atoms with E-state index in [9.17, 15) is 5.11 Å². The third kappa shape index (κ3) is 5.22. The van der Waals surface area contributed by atoms with Gasteiger partial charge in [0.2, 0.25) is 0 Å². The lowest BCUT2D eigenvalue weighted by molar-refractivity contribution is 0.0411. The predicted molar refractivity (Wildman–Crippen MR) is 89.6 cm³/mol. The zero-order chi connectivity index (χ0) is 15.1. The van der Waals surface area contributed by atoms with E-state index < -0.39 is 0 Å². The summed E-state index contributed by atoms with van der Waals surface area (Å²) >= 11 is 0. The summed E-state index contributed by atoms with van der Waals surface area (Å²) in [6, 6.07) is 1.38. The van der Waals surface area contributed by atoms with Crippen LogP contribution in [0.4, 0.5) is 0 Å². The molecule has 2 rings (SSSR count). The first-order valence-electron chi connectivity index (χ1n) is 9.23. The number of rotatable bonds is 9. The monoisotopic (exact) mass is 296 g/mol. The summed E-state index contributed by atoms with van der Waals surface area (Å²) in [5.74, 6) is 0. The molecule has 2 fully saturated rings. The van der Waals surface area contributed by atoms with E-state index in [1.165, 1.54) is 64.5 Å². The zero-order valence-corrected chi connectivity index (χ0v) is 14.2. The van der Waals surface area contributed by atoms with Gasteiger partial charge in [-0.3, -0.25) is 4.90 Å². The Morgan fingerprint density at radius 3 is 2.38 bits per heavy atom. The molecule has 0 bridgehead atoms. The SMILES string of the molecule is CC(C)NCC1(CN(CCCO)C2CCC2)CCCCC1. The minimum atomic E-state index is 0.334. The molecule has 2 N–H and O–H groups in total. The van der Waals surface area contributed by atoms with Crippen molar-refractivity contribution in [2.75, 3.05) is 26.2 Å². The summed E-state index contributed by atoms with van der Waals surface area (Å²) in [6.07, 6.45) is 12.1. The third-order valence-electron chi connectivity index (χ3n) is 5.53. The van der Waals surface area contributed by atoms with E-state index >= 15 is 0 Å². The molecule has 0 atom stereocenters. The fraction of sp³-hybridized carbons (Fsp3) is 1.00. The Bertz CT molecular complexity index is 283. The molecule has 0 saturated heterocycles. The van der Waals surface area contributed by atoms with Crippen molar-refractivity contribution in [1.82, 2.24) is 10.2 Å². The first kappa shape index (κ1) is 17.2. The highest BCUT2D eigenvalue weighted by molar-refractivity contribution is 4.91. The molecule has 2 saturated carbocycles. The second-order valence-corrected chi connectivity index (χ2v) is 7.73. The minimum absolute atomic E-state index is 0.334. The van der Waals surface area contributed by atoms with Crippen LogP contribution in [0.15, 0.2) is 0 Å². The molecule has 0 unspecified atom stereocenters. The molecule has 0 aromatic rings. The Hall–Kier alpha value is -0.120. The topological polar surface area (TPSA) is 35.5 Å². The Kier molecular flexibility index (Phi) is 6.97. The Balaban J connectivity index is 1.96. The van der Waals surface area contributed by atoms with Crippen LogP contribution in [0.25, 0.3) is 0 Å². The van der Waals surface area contributed by atoms with Crippen LogP contribution in [-0.2, 0) is 0 Å². The molecule has 0 aliphatic heterocycles. The van der Waals surface area contributed by atoms with Crippen molar-refractivity contribution < 1.29 is 5.11 Å². The van der Waals surface area contributed by atoms with E-state index in [0.29, 0.717) is 18.1 Å². The average Bonchev–Trinajstić information content (AvgIpc) is 2.42. The molecule has 0 amide bonds. The van der Waals surface area contributed by atoms with Crippen LogP contribution in [0.1, 0.15) is 71.6 Å². The molecule has 21 heavy (non-hydrogen) atoms. The van der Waals surface area contributed by atoms with Gasteiger partial charge in [0.15, 0.2) is 0 Å². The van der Waals surface area contributed by atoms with Gasteiger partial charge in [0.05, 0.1) is 0 Å². The molecule has 0 heterocycles. The van der Waals surface area contributed by atoms with Crippen molar-refractivity contribution in [1.29, 1.82) is 0 Å². The van der Waals surface area contributed by atoms with E-state index in [1.807, 2.05) is 0 Å². The van der Waals surface area contributed by atoms with Crippen LogP contribution in [0.5, 0.6) is 0 Å². The van der Waals surface area contributed by atoms with Crippen LogP contribution in [-0.4, -0.2) is 48.3 Å². The molecule has 0 aromatic heterocycles. The first-order chi connectivity index (χ1) is 10.2. The Morgan fingerprint density at radius 2 is 1.86 bits per heavy atom. The Labute approximate surface area is 131 Å². The van der Waals surface area contributed by atoms with Crippen molar-refractivity contribution in [3.05, 3.63) is 0 Å². The molecule has 0 spiro atoms. The maximum Gasteiger partial charge on any atom is 0.0443 e. The molecular weight excluding hydrogens is 260 g/mol. The highest BCUT2D eigenvalue weighted by Crippen LogP contribution is 2.38. The number of hydrogen-bond acceptors (Lipinski definition) is 3. The zero-order valence-electron chi connectivity index (χ0n) is 14.2. The fourth-order valence-corrected chi connectivity index (χ4v) is 3.96. The number of nitrogens with zero attached hydrogens (tertiary/aromatic N) is 1. The number of aliphatic hydroxyl groups is 1. The first-order valence-corrected chi connectivity index (χ1v) is 9.23. The van der Waals surface area contributed by atoms with Crippen LogP contribution >= 0.6 is 0 Å². The summed E-state index contributed by atoms with van der Waals surface area (Å²) in [5.41, 5.74) is 0.480. The molecule has 3 heteroatoms. The average molecular weight is 296 g/mol. The summed E-state index contributed by atoms with van der Waals surface area (Å²) in [7, 11) is 0. The minimum Gasteiger partial charge on any atom is -0.396 e. The van der Waals surface area contributed by atoms with Crippen molar-refractivity contribution >= 4 is 0 Å². The van der Waals surface area contributed by atoms with E-state index in [2.05, 4.69) is 24.1 Å². The van der Waals surface area contributed by atoms with Crippen LogP contribution in [0.2, 0.25) is 0 Å². The largest absolute Gasteiger partial charge is 0.396 e. The quantitative estimate of drug-likeness (QED) is 0.686. The lowest BCUT2D eigenvalue weighted by Gasteiger charge is -2.46. The maximum absolute atomic E-state index is 9.19. The fourth-order valence-electron chi connectivity index (χ4n) is 3.96. The molecule has 2 aliphatic carbocycles. The van der Waals surface area contributed by atoms with E-state index in [1.54, 1.807) is 0 Å². The Morgan fingerprint density at radius 1 is 1.14 bits per heavy atom. The number of hydrogen-bond donors (Lipinski definition) is 2. The molecular formula is C18H36N2O. The standard InChI is InChI=1S/C18H36N2O/c1-16(2)19-14-18(10-4-3-5-11-18)15-20(12-7-13-21)17-8-6-9-17/h16-17,19,21H,3-15H2,1-2H3. The van der Waals surface area contributed by atoms with Gasteiger partial charge in [-0.25, -0.2) is 0 Å². The number of aliphatic hydroxyl groups excluding tert-OH is 1. The van der Waals surface area contributed by atoms with Gasteiger partial charge in [0.1, 0.15) is 0 Å². The summed E-state index contributed by atoms with van der Waals surface area (Å²) in [4.78, 5) is 2.72. The van der Waals surface area contributed by atoms with Crippen molar-refractivity contribution in [3.8, 4) is 0 Å². The smallest absolute Gasteiger partial charge is 0.0443 e. The van der Waals surface area contributed by atoms with Gasteiger partial charge < -0.3 is 10.4 Å². The highest BCUT2D eigenvalue weighted by atomic mass is 16.3. The van der Waals surface area contributed by atoms with Crippen molar-refractivity contribution in [3.63, 3.8) is 0 Å². The van der Waals surface area contributed by atoms with Crippen LogP contribution in [0.3, 0.4) is 0 Å². The van der Waals surface area contributed by atoms with E-state index in [0.717, 1.165) is 19.0 Å². The normalized spacial score (nSPS) is 22.7. The van der Waals surface area contributed by atoms with E-state index in [-0.39, 0.29) is 0 Å². The molecule has 0 aromatic carbocycles. The number of nitrogens with one attached hydrogen (secondary N) is 1. The lowest BCUT2D eigenvalue weighted by atomic mass is 9.72. The molecule has 2 aliphatic rings. The van der Waals surface area contributed by atoms with Gasteiger partial charge in [-0.05, 0) is 37.5 Å². The van der Waals surface area contributed by atoms with Gasteiger partial charge in [-0.2, -0.15) is 0 Å². The lowest BCUT2D eigenvalue weighted by Crippen LogP contribution is -2.51. The van der Waals surface area contributed by atoms with Crippen molar-refractivity contribution in [2.24, 2.45) is 5.41 Å². The molecule has 0 radical (unpaired) electrons. The van der Waals surface area contributed by atoms with Gasteiger partial charge >= 0.3 is 0 Å². The highest BCUT2D eigenvalue weighted by Gasteiger charge is 2.36. The van der Waals surface area contributed by atoms with Gasteiger partial charge in [-0.15, -0.1) is 0 Å². The summed E-state index contributed by atoms with van der Waals surface area (Å²) in [5, 5.41) is 12.9. The second-order valence-electron chi connectivity index (χ2n) is 7.73. The van der Waals surface area contributed by atoms with Crippen LogP contribution < -0.4 is 5.32 Å². The van der Waals surface area contributed by atoms with E-state index in [4.69, 9.17) is 0 Å². The van der Waals surface area contributed by atoms with Gasteiger partial charge in [-0.1, -0.05) is 39.5 Å². The maximum atomic E-state index is 9.19. The predicted octanol–water partition coefficient (Wildman–Crippen LogP) is 3.17. The van der Waals surface area contributed by atoms with Gasteiger partial charge in [0, 0.05) is 38.3 Å². The third-order valence-corrected chi connectivity index (χ3v) is 5.53.